The molecule has 2 aliphatic heterocycles. The molecule has 4 rings (SSSR count). The molecule has 1 amide bonds. The summed E-state index contributed by atoms with van der Waals surface area (Å²) in [5.74, 6) is -0.613. The van der Waals surface area contributed by atoms with Gasteiger partial charge in [0.15, 0.2) is 11.5 Å². The van der Waals surface area contributed by atoms with Crippen molar-refractivity contribution in [1.82, 2.24) is 9.80 Å². The molecule has 0 radical (unpaired) electrons. The number of ether oxygens (including phenoxy) is 3. The van der Waals surface area contributed by atoms with Gasteiger partial charge in [-0.15, -0.1) is 0 Å². The van der Waals surface area contributed by atoms with Crippen molar-refractivity contribution < 1.29 is 33.3 Å². The van der Waals surface area contributed by atoms with Gasteiger partial charge >= 0.3 is 0 Å². The monoisotopic (exact) mass is 456 g/mol. The highest BCUT2D eigenvalue weighted by molar-refractivity contribution is 6.15. The first-order valence-electron chi connectivity index (χ1n) is 10.9. The van der Waals surface area contributed by atoms with Crippen LogP contribution in [0, 0.1) is 0 Å². The van der Waals surface area contributed by atoms with E-state index in [9.17, 15) is 14.7 Å². The highest BCUT2D eigenvalue weighted by Gasteiger charge is 2.45. The Labute approximate surface area is 192 Å². The van der Waals surface area contributed by atoms with E-state index in [1.165, 1.54) is 24.3 Å². The molecule has 0 saturated carbocycles. The van der Waals surface area contributed by atoms with Gasteiger partial charge in [0.25, 0.3) is 5.91 Å². The van der Waals surface area contributed by atoms with Gasteiger partial charge in [-0.3, -0.25) is 14.5 Å². The molecular formula is C24H28N2O7. The second-order valence-electron chi connectivity index (χ2n) is 7.89. The predicted molar refractivity (Wildman–Crippen MR) is 119 cm³/mol. The highest BCUT2D eigenvalue weighted by Crippen LogP contribution is 2.43. The van der Waals surface area contributed by atoms with Crippen LogP contribution in [-0.2, 0) is 9.53 Å². The summed E-state index contributed by atoms with van der Waals surface area (Å²) in [4.78, 5) is 30.2. The summed E-state index contributed by atoms with van der Waals surface area (Å²) in [6.45, 7) is 4.21. The quantitative estimate of drug-likeness (QED) is 0.575. The number of Topliss-reactive ketones (excluding diaryl/α,β-unsaturated/α-hetero) is 1. The molecule has 1 aromatic heterocycles. The van der Waals surface area contributed by atoms with Crippen LogP contribution >= 0.6 is 0 Å². The summed E-state index contributed by atoms with van der Waals surface area (Å²) < 4.78 is 21.5. The van der Waals surface area contributed by atoms with Gasteiger partial charge in [0.05, 0.1) is 45.3 Å². The topological polar surface area (TPSA) is 102 Å². The third-order valence-corrected chi connectivity index (χ3v) is 6.01. The number of carbonyl (C=O) groups excluding carboxylic acids is 2. The molecule has 9 heteroatoms. The minimum atomic E-state index is -0.819. The lowest BCUT2D eigenvalue weighted by molar-refractivity contribution is -0.129. The lowest BCUT2D eigenvalue weighted by atomic mass is 9.94. The summed E-state index contributed by atoms with van der Waals surface area (Å²) in [5.41, 5.74) is 0.557. The van der Waals surface area contributed by atoms with Gasteiger partial charge in [0, 0.05) is 37.8 Å². The van der Waals surface area contributed by atoms with Crippen LogP contribution in [0.2, 0.25) is 0 Å². The van der Waals surface area contributed by atoms with Gasteiger partial charge in [-0.1, -0.05) is 0 Å². The van der Waals surface area contributed by atoms with Crippen molar-refractivity contribution in [1.29, 1.82) is 0 Å². The first-order valence-corrected chi connectivity index (χ1v) is 10.9. The van der Waals surface area contributed by atoms with E-state index in [-0.39, 0.29) is 11.3 Å². The van der Waals surface area contributed by atoms with Crippen molar-refractivity contribution in [2.24, 2.45) is 0 Å². The Hall–Kier alpha value is -3.30. The first kappa shape index (κ1) is 22.9. The predicted octanol–water partition coefficient (Wildman–Crippen LogP) is 2.60. The smallest absolute Gasteiger partial charge is 0.290 e. The second-order valence-corrected chi connectivity index (χ2v) is 7.89. The number of carbonyl (C=O) groups is 2. The molecule has 176 valence electrons. The number of hydrogen-bond donors (Lipinski definition) is 1. The fourth-order valence-electron chi connectivity index (χ4n) is 4.31. The lowest BCUT2D eigenvalue weighted by Crippen LogP contribution is -2.39. The van der Waals surface area contributed by atoms with Crippen LogP contribution in [-0.4, -0.2) is 80.2 Å². The van der Waals surface area contributed by atoms with Crippen molar-refractivity contribution in [3.05, 3.63) is 59.3 Å². The van der Waals surface area contributed by atoms with Crippen LogP contribution < -0.4 is 9.47 Å². The molecule has 1 N–H and O–H groups in total. The van der Waals surface area contributed by atoms with Crippen molar-refractivity contribution >= 4 is 11.7 Å². The number of morpholine rings is 1. The van der Waals surface area contributed by atoms with E-state index in [0.717, 1.165) is 19.6 Å². The standard InChI is InChI=1S/C24H28N2O7/c1-30-16-6-7-17(19(15-16)31-2)21-20(22(27)18-5-3-12-33-18)23(28)24(29)26(21)9-4-8-25-10-13-32-14-11-25/h3,5-7,12,15,21,28H,4,8-11,13-14H2,1-2H3/t21-/m0/s1. The van der Waals surface area contributed by atoms with Gasteiger partial charge in [-0.25, -0.2) is 0 Å². The Balaban J connectivity index is 1.67. The Kier molecular flexibility index (Phi) is 7.00. The van der Waals surface area contributed by atoms with E-state index in [4.69, 9.17) is 18.6 Å². The molecule has 2 aromatic rings. The number of nitrogens with zero attached hydrogens (tertiary/aromatic N) is 2. The largest absolute Gasteiger partial charge is 0.503 e. The van der Waals surface area contributed by atoms with E-state index in [0.29, 0.717) is 43.2 Å². The molecule has 1 fully saturated rings. The molecule has 9 nitrogen and oxygen atoms in total. The van der Waals surface area contributed by atoms with Crippen LogP contribution in [0.1, 0.15) is 28.6 Å². The van der Waals surface area contributed by atoms with E-state index in [2.05, 4.69) is 4.90 Å². The van der Waals surface area contributed by atoms with Crippen molar-refractivity contribution in [2.75, 3.05) is 53.6 Å². The Morgan fingerprint density at radius 3 is 2.61 bits per heavy atom. The van der Waals surface area contributed by atoms with E-state index in [1.807, 2.05) is 0 Å². The normalized spacial score (nSPS) is 19.3. The number of ketones is 1. The summed E-state index contributed by atoms with van der Waals surface area (Å²) >= 11 is 0. The molecule has 33 heavy (non-hydrogen) atoms. The molecule has 1 atom stereocenters. The Morgan fingerprint density at radius 1 is 1.15 bits per heavy atom. The number of furan rings is 1. The molecule has 0 spiro atoms. The molecule has 1 saturated heterocycles. The fraction of sp³-hybridized carbons (Fsp3) is 0.417. The number of aliphatic hydroxyl groups is 1. The van der Waals surface area contributed by atoms with Gasteiger partial charge in [-0.2, -0.15) is 0 Å². The van der Waals surface area contributed by atoms with E-state index in [1.54, 1.807) is 31.4 Å². The SMILES string of the molecule is COc1ccc([C@H]2C(C(=O)c3ccco3)=C(O)C(=O)N2CCCN2CCOCC2)c(OC)c1. The Morgan fingerprint density at radius 2 is 1.94 bits per heavy atom. The average molecular weight is 456 g/mol. The zero-order chi connectivity index (χ0) is 23.4. The molecule has 0 unspecified atom stereocenters. The van der Waals surface area contributed by atoms with Crippen LogP contribution in [0.25, 0.3) is 0 Å². The maximum absolute atomic E-state index is 13.3. The van der Waals surface area contributed by atoms with Crippen LogP contribution in [0.15, 0.2) is 52.3 Å². The van der Waals surface area contributed by atoms with Gasteiger partial charge in [-0.05, 0) is 30.7 Å². The van der Waals surface area contributed by atoms with Crippen LogP contribution in [0.3, 0.4) is 0 Å². The molecule has 0 bridgehead atoms. The maximum Gasteiger partial charge on any atom is 0.290 e. The minimum absolute atomic E-state index is 0.0233. The lowest BCUT2D eigenvalue weighted by Gasteiger charge is -2.30. The molecule has 2 aliphatic rings. The fourth-order valence-corrected chi connectivity index (χ4v) is 4.31. The van der Waals surface area contributed by atoms with Crippen molar-refractivity contribution in [3.8, 4) is 11.5 Å². The molecule has 0 aliphatic carbocycles. The van der Waals surface area contributed by atoms with Crippen molar-refractivity contribution in [3.63, 3.8) is 0 Å². The number of methoxy groups -OCH3 is 2. The number of amides is 1. The van der Waals surface area contributed by atoms with Crippen molar-refractivity contribution in [2.45, 2.75) is 12.5 Å². The summed E-state index contributed by atoms with van der Waals surface area (Å²) in [6.07, 6.45) is 2.06. The maximum atomic E-state index is 13.3. The number of benzene rings is 1. The zero-order valence-corrected chi connectivity index (χ0v) is 18.8. The second kappa shape index (κ2) is 10.1. The van der Waals surface area contributed by atoms with Gasteiger partial charge in [0.1, 0.15) is 11.5 Å². The summed E-state index contributed by atoms with van der Waals surface area (Å²) in [6, 6.07) is 7.45. The summed E-state index contributed by atoms with van der Waals surface area (Å²) in [5, 5.41) is 10.8. The van der Waals surface area contributed by atoms with E-state index >= 15 is 0 Å². The average Bonchev–Trinajstić information content (AvgIpc) is 3.47. The number of aliphatic hydroxyl groups excluding tert-OH is 1. The molecular weight excluding hydrogens is 428 g/mol. The Bertz CT molecular complexity index is 1030. The number of hydrogen-bond acceptors (Lipinski definition) is 8. The molecule has 3 heterocycles. The minimum Gasteiger partial charge on any atom is -0.503 e. The third kappa shape index (κ3) is 4.60. The zero-order valence-electron chi connectivity index (χ0n) is 18.8. The first-order chi connectivity index (χ1) is 16.0. The van der Waals surface area contributed by atoms with Gasteiger partial charge in [0.2, 0.25) is 5.78 Å². The van der Waals surface area contributed by atoms with E-state index < -0.39 is 23.5 Å². The van der Waals surface area contributed by atoms with Crippen LogP contribution in [0.4, 0.5) is 0 Å². The molecule has 1 aromatic carbocycles. The third-order valence-electron chi connectivity index (χ3n) is 6.01. The van der Waals surface area contributed by atoms with Crippen LogP contribution in [0.5, 0.6) is 11.5 Å². The number of rotatable bonds is 9. The van der Waals surface area contributed by atoms with Gasteiger partial charge < -0.3 is 28.6 Å². The summed E-state index contributed by atoms with van der Waals surface area (Å²) in [7, 11) is 3.05. The highest BCUT2D eigenvalue weighted by atomic mass is 16.5.